The van der Waals surface area contributed by atoms with Crippen LogP contribution in [0.3, 0.4) is 0 Å². The van der Waals surface area contributed by atoms with E-state index in [4.69, 9.17) is 0 Å². The third kappa shape index (κ3) is 2.21. The third-order valence-electron chi connectivity index (χ3n) is 2.17. The van der Waals surface area contributed by atoms with E-state index in [-0.39, 0.29) is 11.6 Å². The zero-order chi connectivity index (χ0) is 10.1. The van der Waals surface area contributed by atoms with E-state index >= 15 is 0 Å². The van der Waals surface area contributed by atoms with Crippen molar-refractivity contribution < 1.29 is 9.50 Å². The summed E-state index contributed by atoms with van der Waals surface area (Å²) in [4.78, 5) is 7.34. The molecule has 72 valence electrons. The number of halogens is 1. The summed E-state index contributed by atoms with van der Waals surface area (Å²) in [6.45, 7) is 4.98. The van der Waals surface area contributed by atoms with Gasteiger partial charge in [-0.2, -0.15) is 0 Å². The molecule has 1 unspecified atom stereocenters. The molecule has 0 saturated heterocycles. The molecule has 0 saturated carbocycles. The molecule has 3 nitrogen and oxygen atoms in total. The van der Waals surface area contributed by atoms with Gasteiger partial charge in [0, 0.05) is 5.92 Å². The molecule has 1 heterocycles. The van der Waals surface area contributed by atoms with Gasteiger partial charge in [-0.3, -0.25) is 0 Å². The Morgan fingerprint density at radius 1 is 1.54 bits per heavy atom. The second-order valence-corrected chi connectivity index (χ2v) is 3.63. The van der Waals surface area contributed by atoms with Crippen molar-refractivity contribution >= 4 is 0 Å². The Hall–Kier alpha value is -1.03. The van der Waals surface area contributed by atoms with Crippen LogP contribution in [0.1, 0.15) is 32.4 Å². The van der Waals surface area contributed by atoms with Crippen LogP contribution in [-0.4, -0.2) is 20.7 Å². The molecule has 0 fully saturated rings. The Labute approximate surface area is 76.7 Å². The largest absolute Gasteiger partial charge is 0.390 e. The minimum atomic E-state index is -0.977. The van der Waals surface area contributed by atoms with E-state index < -0.39 is 11.4 Å². The molecule has 13 heavy (non-hydrogen) atoms. The first-order valence-corrected chi connectivity index (χ1v) is 4.10. The average molecular weight is 184 g/mol. The normalized spacial score (nSPS) is 14.2. The van der Waals surface area contributed by atoms with Crippen LogP contribution in [0.2, 0.25) is 0 Å². The van der Waals surface area contributed by atoms with Crippen molar-refractivity contribution in [2.45, 2.75) is 32.3 Å². The molecule has 0 spiro atoms. The van der Waals surface area contributed by atoms with Crippen LogP contribution in [0.5, 0.6) is 0 Å². The van der Waals surface area contributed by atoms with Gasteiger partial charge in [0.15, 0.2) is 5.82 Å². The van der Waals surface area contributed by atoms with Crippen molar-refractivity contribution in [1.82, 2.24) is 9.97 Å². The minimum absolute atomic E-state index is 0.252. The number of hydrogen-bond donors (Lipinski definition) is 1. The highest BCUT2D eigenvalue weighted by molar-refractivity contribution is 5.11. The van der Waals surface area contributed by atoms with Gasteiger partial charge in [0.25, 0.3) is 0 Å². The van der Waals surface area contributed by atoms with Crippen molar-refractivity contribution in [2.24, 2.45) is 0 Å². The summed E-state index contributed by atoms with van der Waals surface area (Å²) in [5.41, 5.74) is -0.725. The Bertz CT molecular complexity index is 296. The topological polar surface area (TPSA) is 46.0 Å². The minimum Gasteiger partial charge on any atom is -0.390 e. The second kappa shape index (κ2) is 3.38. The molecule has 1 N–H and O–H groups in total. The highest BCUT2D eigenvalue weighted by Gasteiger charge is 2.27. The van der Waals surface area contributed by atoms with E-state index in [0.29, 0.717) is 0 Å². The zero-order valence-electron chi connectivity index (χ0n) is 7.95. The van der Waals surface area contributed by atoms with E-state index in [1.807, 2.05) is 0 Å². The summed E-state index contributed by atoms with van der Waals surface area (Å²) in [6, 6.07) is 0. The van der Waals surface area contributed by atoms with Crippen molar-refractivity contribution in [2.75, 3.05) is 0 Å². The van der Waals surface area contributed by atoms with Gasteiger partial charge in [0.05, 0.1) is 17.5 Å². The molecule has 0 radical (unpaired) electrons. The van der Waals surface area contributed by atoms with Crippen LogP contribution < -0.4 is 0 Å². The summed E-state index contributed by atoms with van der Waals surface area (Å²) < 4.78 is 13.1. The number of aromatic nitrogens is 2. The molecular weight excluding hydrogens is 171 g/mol. The maximum atomic E-state index is 13.1. The van der Waals surface area contributed by atoms with Gasteiger partial charge in [-0.15, -0.1) is 0 Å². The number of hydrogen-bond acceptors (Lipinski definition) is 3. The van der Waals surface area contributed by atoms with Gasteiger partial charge in [-0.25, -0.2) is 14.4 Å². The molecule has 0 aromatic carbocycles. The van der Waals surface area contributed by atoms with Crippen LogP contribution in [-0.2, 0) is 0 Å². The summed E-state index contributed by atoms with van der Waals surface area (Å²) >= 11 is 0. The summed E-state index contributed by atoms with van der Waals surface area (Å²) in [7, 11) is 0. The lowest BCUT2D eigenvalue weighted by molar-refractivity contribution is 0.0531. The van der Waals surface area contributed by atoms with Gasteiger partial charge in [-0.1, -0.05) is 6.92 Å². The lowest BCUT2D eigenvalue weighted by atomic mass is 9.90. The number of nitrogens with zero attached hydrogens (tertiary/aromatic N) is 2. The SMILES string of the molecule is CC(c1ncncc1F)C(C)(C)O. The Kier molecular flexibility index (Phi) is 2.61. The fourth-order valence-electron chi connectivity index (χ4n) is 0.975. The Morgan fingerprint density at radius 3 is 2.62 bits per heavy atom. The highest BCUT2D eigenvalue weighted by Crippen LogP contribution is 2.26. The van der Waals surface area contributed by atoms with Crippen molar-refractivity contribution in [3.8, 4) is 0 Å². The predicted octanol–water partition coefficient (Wildman–Crippen LogP) is 1.49. The Balaban J connectivity index is 3.02. The first kappa shape index (κ1) is 10.1. The lowest BCUT2D eigenvalue weighted by Gasteiger charge is -2.25. The van der Waals surface area contributed by atoms with Gasteiger partial charge in [0.2, 0.25) is 0 Å². The predicted molar refractivity (Wildman–Crippen MR) is 46.7 cm³/mol. The van der Waals surface area contributed by atoms with Crippen LogP contribution in [0, 0.1) is 5.82 Å². The lowest BCUT2D eigenvalue weighted by Crippen LogP contribution is -2.28. The van der Waals surface area contributed by atoms with Crippen molar-refractivity contribution in [1.29, 1.82) is 0 Å². The fourth-order valence-corrected chi connectivity index (χ4v) is 0.975. The van der Waals surface area contributed by atoms with E-state index in [2.05, 4.69) is 9.97 Å². The molecule has 0 bridgehead atoms. The van der Waals surface area contributed by atoms with Gasteiger partial charge >= 0.3 is 0 Å². The molecular formula is C9H13FN2O. The van der Waals surface area contributed by atoms with Crippen LogP contribution in [0.15, 0.2) is 12.5 Å². The summed E-state index contributed by atoms with van der Waals surface area (Å²) in [6.07, 6.45) is 2.38. The van der Waals surface area contributed by atoms with Gasteiger partial charge in [0.1, 0.15) is 6.33 Å². The molecule has 1 rings (SSSR count). The fraction of sp³-hybridized carbons (Fsp3) is 0.556. The molecule has 0 aliphatic heterocycles. The first-order chi connectivity index (χ1) is 5.93. The smallest absolute Gasteiger partial charge is 0.163 e. The molecule has 1 atom stereocenters. The van der Waals surface area contributed by atoms with E-state index in [0.717, 1.165) is 6.20 Å². The molecule has 1 aromatic rings. The Morgan fingerprint density at radius 2 is 2.15 bits per heavy atom. The van der Waals surface area contributed by atoms with Crippen LogP contribution >= 0.6 is 0 Å². The number of aliphatic hydroxyl groups is 1. The zero-order valence-corrected chi connectivity index (χ0v) is 7.95. The van der Waals surface area contributed by atoms with E-state index in [9.17, 15) is 9.50 Å². The van der Waals surface area contributed by atoms with Crippen molar-refractivity contribution in [3.63, 3.8) is 0 Å². The molecule has 0 aliphatic carbocycles. The average Bonchev–Trinajstić information content (AvgIpc) is 2.02. The summed E-state index contributed by atoms with van der Waals surface area (Å²) in [5, 5.41) is 9.64. The van der Waals surface area contributed by atoms with E-state index in [1.54, 1.807) is 20.8 Å². The maximum Gasteiger partial charge on any atom is 0.163 e. The first-order valence-electron chi connectivity index (χ1n) is 4.10. The second-order valence-electron chi connectivity index (χ2n) is 3.63. The molecule has 0 amide bonds. The third-order valence-corrected chi connectivity index (χ3v) is 2.17. The van der Waals surface area contributed by atoms with Crippen LogP contribution in [0.25, 0.3) is 0 Å². The van der Waals surface area contributed by atoms with Crippen molar-refractivity contribution in [3.05, 3.63) is 24.0 Å². The molecule has 4 heteroatoms. The van der Waals surface area contributed by atoms with Crippen LogP contribution in [0.4, 0.5) is 4.39 Å². The van der Waals surface area contributed by atoms with Gasteiger partial charge < -0.3 is 5.11 Å². The van der Waals surface area contributed by atoms with E-state index in [1.165, 1.54) is 6.33 Å². The molecule has 0 aliphatic rings. The number of rotatable bonds is 2. The highest BCUT2D eigenvalue weighted by atomic mass is 19.1. The standard InChI is InChI=1S/C9H13FN2O/c1-6(9(2,3)13)8-7(10)4-11-5-12-8/h4-6,13H,1-3H3. The summed E-state index contributed by atoms with van der Waals surface area (Å²) in [5.74, 6) is -0.826. The molecule has 1 aromatic heterocycles. The monoisotopic (exact) mass is 184 g/mol. The quantitative estimate of drug-likeness (QED) is 0.757. The maximum absolute atomic E-state index is 13.1. The van der Waals surface area contributed by atoms with Gasteiger partial charge in [-0.05, 0) is 13.8 Å².